The normalized spacial score (nSPS) is 12.6. The molecule has 1 unspecified atom stereocenters. The summed E-state index contributed by atoms with van der Waals surface area (Å²) in [5, 5.41) is 7.32. The van der Waals surface area contributed by atoms with Crippen LogP contribution < -0.4 is 16.4 Å². The number of alkyl carbamates (subject to hydrolysis) is 1. The predicted octanol–water partition coefficient (Wildman–Crippen LogP) is 5.23. The number of Topliss-reactive ketones (excluding diaryl/α,β-unsaturated/α-hetero) is 1. The van der Waals surface area contributed by atoms with Crippen LogP contribution in [0.4, 0.5) is 4.79 Å². The first kappa shape index (κ1) is 28.9. The number of ether oxygens (including phenoxy) is 1. The van der Waals surface area contributed by atoms with E-state index in [-0.39, 0.29) is 5.78 Å². The highest BCUT2D eigenvalue weighted by Gasteiger charge is 2.25. The molecular formula is C28H46N4O3. The van der Waals surface area contributed by atoms with Crippen LogP contribution in [0, 0.1) is 0 Å². The molecule has 1 aromatic carbocycles. The fourth-order valence-corrected chi connectivity index (χ4v) is 4.12. The largest absolute Gasteiger partial charge is 0.444 e. The van der Waals surface area contributed by atoms with E-state index in [2.05, 4.69) is 15.6 Å². The third-order valence-corrected chi connectivity index (χ3v) is 5.92. The summed E-state index contributed by atoms with van der Waals surface area (Å²) < 4.78 is 5.41. The van der Waals surface area contributed by atoms with Crippen LogP contribution in [0.25, 0.3) is 10.9 Å². The Morgan fingerprint density at radius 2 is 1.63 bits per heavy atom. The maximum absolute atomic E-state index is 13.0. The smallest absolute Gasteiger partial charge is 0.408 e. The Balaban J connectivity index is 1.75. The lowest BCUT2D eigenvalue weighted by atomic mass is 10.0. The molecule has 1 atom stereocenters. The van der Waals surface area contributed by atoms with Crippen LogP contribution in [0.2, 0.25) is 0 Å². The number of aromatic nitrogens is 1. The lowest BCUT2D eigenvalue weighted by Gasteiger charge is -2.23. The highest BCUT2D eigenvalue weighted by atomic mass is 16.6. The minimum Gasteiger partial charge on any atom is -0.444 e. The summed E-state index contributed by atoms with van der Waals surface area (Å²) >= 11 is 0. The van der Waals surface area contributed by atoms with Gasteiger partial charge in [0, 0.05) is 24.1 Å². The summed E-state index contributed by atoms with van der Waals surface area (Å²) in [5.74, 6) is 0.0538. The SMILES string of the molecule is CC(C)(C)OC(=O)NC(Cc1cc2ccccc2[nH]1)C(=O)CCCCCCCCCNCCCN. The number of unbranched alkanes of at least 4 members (excludes halogenated alkanes) is 6. The number of carbonyl (C=O) groups is 2. The molecule has 0 fully saturated rings. The van der Waals surface area contributed by atoms with E-state index in [0.717, 1.165) is 61.9 Å². The highest BCUT2D eigenvalue weighted by Crippen LogP contribution is 2.17. The molecule has 7 heteroatoms. The van der Waals surface area contributed by atoms with E-state index in [4.69, 9.17) is 10.5 Å². The van der Waals surface area contributed by atoms with Crippen LogP contribution in [0.5, 0.6) is 0 Å². The Kier molecular flexibility index (Phi) is 12.8. The van der Waals surface area contributed by atoms with Gasteiger partial charge in [-0.15, -0.1) is 0 Å². The zero-order valence-electron chi connectivity index (χ0n) is 22.0. The van der Waals surface area contributed by atoms with E-state index in [1.54, 1.807) is 0 Å². The monoisotopic (exact) mass is 486 g/mol. The van der Waals surface area contributed by atoms with E-state index in [1.807, 2.05) is 51.1 Å². The van der Waals surface area contributed by atoms with Gasteiger partial charge in [-0.2, -0.15) is 0 Å². The molecule has 0 radical (unpaired) electrons. The van der Waals surface area contributed by atoms with E-state index in [0.29, 0.717) is 12.8 Å². The van der Waals surface area contributed by atoms with E-state index in [9.17, 15) is 9.59 Å². The van der Waals surface area contributed by atoms with Crippen molar-refractivity contribution >= 4 is 22.8 Å². The van der Waals surface area contributed by atoms with Crippen LogP contribution in [0.15, 0.2) is 30.3 Å². The molecule has 1 amide bonds. The third-order valence-electron chi connectivity index (χ3n) is 5.92. The molecule has 2 rings (SSSR count). The Labute approximate surface area is 210 Å². The Hall–Kier alpha value is -2.38. The van der Waals surface area contributed by atoms with Gasteiger partial charge in [0.15, 0.2) is 5.78 Å². The van der Waals surface area contributed by atoms with Crippen molar-refractivity contribution in [2.24, 2.45) is 5.73 Å². The number of hydrogen-bond donors (Lipinski definition) is 4. The number of para-hydroxylation sites is 1. The fraction of sp³-hybridized carbons (Fsp3) is 0.643. The number of rotatable bonds is 17. The molecule has 0 saturated carbocycles. The number of H-pyrrole nitrogens is 1. The number of fused-ring (bicyclic) bond motifs is 1. The van der Waals surface area contributed by atoms with Crippen LogP contribution >= 0.6 is 0 Å². The Morgan fingerprint density at radius 3 is 2.31 bits per heavy atom. The zero-order valence-corrected chi connectivity index (χ0v) is 22.0. The van der Waals surface area contributed by atoms with Crippen molar-refractivity contribution in [2.45, 2.75) is 96.6 Å². The van der Waals surface area contributed by atoms with Crippen molar-refractivity contribution in [3.8, 4) is 0 Å². The number of carbonyl (C=O) groups excluding carboxylic acids is 2. The first-order valence-corrected chi connectivity index (χ1v) is 13.3. The molecule has 1 heterocycles. The molecule has 0 aliphatic rings. The van der Waals surface area contributed by atoms with Crippen LogP contribution in [-0.2, 0) is 16.0 Å². The second-order valence-electron chi connectivity index (χ2n) is 10.4. The number of aromatic amines is 1. The molecule has 0 aliphatic carbocycles. The second-order valence-corrected chi connectivity index (χ2v) is 10.4. The lowest BCUT2D eigenvalue weighted by molar-refractivity contribution is -0.121. The van der Waals surface area contributed by atoms with Gasteiger partial charge in [0.05, 0.1) is 6.04 Å². The summed E-state index contributed by atoms with van der Waals surface area (Å²) in [6.07, 6.45) is 9.26. The van der Waals surface area contributed by atoms with Gasteiger partial charge in [-0.25, -0.2) is 4.79 Å². The van der Waals surface area contributed by atoms with Crippen molar-refractivity contribution in [1.82, 2.24) is 15.6 Å². The fourth-order valence-electron chi connectivity index (χ4n) is 4.12. The van der Waals surface area contributed by atoms with Crippen molar-refractivity contribution in [3.05, 3.63) is 36.0 Å². The molecular weight excluding hydrogens is 440 g/mol. The molecule has 7 nitrogen and oxygen atoms in total. The molecule has 1 aromatic heterocycles. The Morgan fingerprint density at radius 1 is 0.971 bits per heavy atom. The van der Waals surface area contributed by atoms with E-state index < -0.39 is 17.7 Å². The van der Waals surface area contributed by atoms with E-state index >= 15 is 0 Å². The number of nitrogens with one attached hydrogen (secondary N) is 3. The van der Waals surface area contributed by atoms with Gasteiger partial charge >= 0.3 is 6.09 Å². The molecule has 0 aliphatic heterocycles. The van der Waals surface area contributed by atoms with Gasteiger partial charge in [0.2, 0.25) is 0 Å². The van der Waals surface area contributed by atoms with Crippen molar-refractivity contribution in [3.63, 3.8) is 0 Å². The summed E-state index contributed by atoms with van der Waals surface area (Å²) in [4.78, 5) is 28.8. The molecule has 35 heavy (non-hydrogen) atoms. The maximum Gasteiger partial charge on any atom is 0.408 e. The summed E-state index contributed by atoms with van der Waals surface area (Å²) in [5.41, 5.74) is 6.83. The second kappa shape index (κ2) is 15.6. The molecule has 0 spiro atoms. The first-order chi connectivity index (χ1) is 16.8. The maximum atomic E-state index is 13.0. The van der Waals surface area contributed by atoms with Gasteiger partial charge in [0.1, 0.15) is 5.60 Å². The molecule has 196 valence electrons. The molecule has 2 aromatic rings. The summed E-state index contributed by atoms with van der Waals surface area (Å²) in [6, 6.07) is 9.44. The van der Waals surface area contributed by atoms with Crippen molar-refractivity contribution in [2.75, 3.05) is 19.6 Å². The van der Waals surface area contributed by atoms with Gasteiger partial charge < -0.3 is 26.1 Å². The summed E-state index contributed by atoms with van der Waals surface area (Å²) in [7, 11) is 0. The van der Waals surface area contributed by atoms with Gasteiger partial charge in [-0.05, 0) is 77.2 Å². The van der Waals surface area contributed by atoms with Gasteiger partial charge in [0.25, 0.3) is 0 Å². The van der Waals surface area contributed by atoms with Crippen LogP contribution in [0.3, 0.4) is 0 Å². The minimum absolute atomic E-state index is 0.0538. The third kappa shape index (κ3) is 12.2. The Bertz CT molecular complexity index is 855. The lowest BCUT2D eigenvalue weighted by Crippen LogP contribution is -2.44. The number of ketones is 1. The average molecular weight is 487 g/mol. The minimum atomic E-state index is -0.612. The van der Waals surface area contributed by atoms with E-state index in [1.165, 1.54) is 25.7 Å². The summed E-state index contributed by atoms with van der Waals surface area (Å²) in [6.45, 7) is 8.28. The quantitative estimate of drug-likeness (QED) is 0.229. The zero-order chi connectivity index (χ0) is 25.5. The van der Waals surface area contributed by atoms with Crippen molar-refractivity contribution < 1.29 is 14.3 Å². The number of hydrogen-bond acceptors (Lipinski definition) is 5. The molecule has 5 N–H and O–H groups in total. The highest BCUT2D eigenvalue weighted by molar-refractivity contribution is 5.88. The van der Waals surface area contributed by atoms with Gasteiger partial charge in [-0.3, -0.25) is 4.79 Å². The standard InChI is InChI=1S/C28H46N4O3/c1-28(2,3)35-27(34)32-25(21-23-20-22-14-10-11-15-24(22)31-23)26(33)16-9-7-5-4-6-8-12-18-30-19-13-17-29/h10-11,14-15,20,25,30-31H,4-9,12-13,16-19,21,29H2,1-3H3,(H,32,34). The van der Waals surface area contributed by atoms with Crippen LogP contribution in [0.1, 0.15) is 84.3 Å². The first-order valence-electron chi connectivity index (χ1n) is 13.3. The molecule has 0 saturated heterocycles. The number of amides is 1. The van der Waals surface area contributed by atoms with Gasteiger partial charge in [-0.1, -0.05) is 50.3 Å². The number of nitrogens with two attached hydrogens (primary N) is 1. The molecule has 0 bridgehead atoms. The topological polar surface area (TPSA) is 109 Å². The number of benzene rings is 1. The predicted molar refractivity (Wildman–Crippen MR) is 144 cm³/mol. The van der Waals surface area contributed by atoms with Crippen molar-refractivity contribution in [1.29, 1.82) is 0 Å². The van der Waals surface area contributed by atoms with Crippen LogP contribution in [-0.4, -0.2) is 48.1 Å². The average Bonchev–Trinajstić information content (AvgIpc) is 3.20.